The molecule has 0 unspecified atom stereocenters. The van der Waals surface area contributed by atoms with Gasteiger partial charge in [0.1, 0.15) is 12.4 Å². The molecule has 0 radical (unpaired) electrons. The van der Waals surface area contributed by atoms with E-state index in [1.54, 1.807) is 23.4 Å². The number of aromatic nitrogens is 4. The third-order valence-electron chi connectivity index (χ3n) is 2.41. The second-order valence-corrected chi connectivity index (χ2v) is 5.36. The van der Waals surface area contributed by atoms with Gasteiger partial charge in [-0.15, -0.1) is 11.8 Å². The first-order chi connectivity index (χ1) is 9.06. The van der Waals surface area contributed by atoms with Crippen molar-refractivity contribution in [2.45, 2.75) is 25.6 Å². The number of nitrogens with zero attached hydrogens (tertiary/aromatic N) is 5. The lowest BCUT2D eigenvalue weighted by molar-refractivity contribution is -0.385. The fraction of sp³-hybridized carbons (Fsp3) is 0.500. The van der Waals surface area contributed by atoms with E-state index in [-0.39, 0.29) is 10.9 Å². The third kappa shape index (κ3) is 3.53. The molecule has 0 N–H and O–H groups in total. The van der Waals surface area contributed by atoms with E-state index in [1.165, 1.54) is 12.4 Å². The lowest BCUT2D eigenvalue weighted by Crippen LogP contribution is -2.02. The standard InChI is InChI=1S/C10H13N5O3S/c1-7(10-12-8(2)13-18-10)19-4-3-14-6-9(5-11-14)15(16)17/h5-7H,3-4H2,1-2H3/t7-/m1/s1. The minimum Gasteiger partial charge on any atom is -0.338 e. The zero-order chi connectivity index (χ0) is 13.8. The Morgan fingerprint density at radius 2 is 2.42 bits per heavy atom. The minimum atomic E-state index is -0.458. The molecule has 8 nitrogen and oxygen atoms in total. The molecule has 2 heterocycles. The Morgan fingerprint density at radius 1 is 1.63 bits per heavy atom. The van der Waals surface area contributed by atoms with E-state index < -0.39 is 4.92 Å². The second kappa shape index (κ2) is 5.83. The summed E-state index contributed by atoms with van der Waals surface area (Å²) in [5.74, 6) is 1.96. The summed E-state index contributed by atoms with van der Waals surface area (Å²) in [7, 11) is 0. The Hall–Kier alpha value is -1.90. The first-order valence-electron chi connectivity index (χ1n) is 5.65. The van der Waals surface area contributed by atoms with E-state index >= 15 is 0 Å². The average Bonchev–Trinajstić information content (AvgIpc) is 2.98. The monoisotopic (exact) mass is 283 g/mol. The highest BCUT2D eigenvalue weighted by Crippen LogP contribution is 2.26. The average molecular weight is 283 g/mol. The van der Waals surface area contributed by atoms with Gasteiger partial charge in [-0.2, -0.15) is 10.1 Å². The summed E-state index contributed by atoms with van der Waals surface area (Å²) in [5.41, 5.74) is 0.00516. The van der Waals surface area contributed by atoms with Crippen molar-refractivity contribution in [2.24, 2.45) is 0 Å². The van der Waals surface area contributed by atoms with Crippen molar-refractivity contribution in [1.82, 2.24) is 19.9 Å². The molecule has 9 heteroatoms. The van der Waals surface area contributed by atoms with Crippen LogP contribution in [0.3, 0.4) is 0 Å². The summed E-state index contributed by atoms with van der Waals surface area (Å²) in [5, 5.41) is 18.2. The van der Waals surface area contributed by atoms with Crippen LogP contribution in [0.5, 0.6) is 0 Å². The van der Waals surface area contributed by atoms with E-state index in [0.717, 1.165) is 5.75 Å². The van der Waals surface area contributed by atoms with E-state index in [4.69, 9.17) is 4.52 Å². The molecule has 0 saturated heterocycles. The number of nitro groups is 1. The van der Waals surface area contributed by atoms with Gasteiger partial charge in [-0.1, -0.05) is 5.16 Å². The number of aryl methyl sites for hydroxylation is 2. The first kappa shape index (κ1) is 13.5. The molecule has 0 spiro atoms. The van der Waals surface area contributed by atoms with Crippen LogP contribution in [0.4, 0.5) is 5.69 Å². The summed E-state index contributed by atoms with van der Waals surface area (Å²) >= 11 is 1.63. The van der Waals surface area contributed by atoms with Crippen molar-refractivity contribution >= 4 is 17.4 Å². The van der Waals surface area contributed by atoms with Crippen molar-refractivity contribution in [3.05, 3.63) is 34.2 Å². The summed E-state index contributed by atoms with van der Waals surface area (Å²) in [4.78, 5) is 14.2. The molecular weight excluding hydrogens is 270 g/mol. The van der Waals surface area contributed by atoms with Crippen molar-refractivity contribution < 1.29 is 9.45 Å². The van der Waals surface area contributed by atoms with Gasteiger partial charge in [0.25, 0.3) is 0 Å². The van der Waals surface area contributed by atoms with E-state index in [0.29, 0.717) is 18.3 Å². The molecule has 2 aromatic rings. The number of hydrogen-bond acceptors (Lipinski definition) is 7. The van der Waals surface area contributed by atoms with Gasteiger partial charge >= 0.3 is 5.69 Å². The van der Waals surface area contributed by atoms with Crippen molar-refractivity contribution in [2.75, 3.05) is 5.75 Å². The highest BCUT2D eigenvalue weighted by atomic mass is 32.2. The van der Waals surface area contributed by atoms with Crippen LogP contribution in [-0.4, -0.2) is 30.6 Å². The van der Waals surface area contributed by atoms with Crippen LogP contribution in [0.25, 0.3) is 0 Å². The number of hydrogen-bond donors (Lipinski definition) is 0. The van der Waals surface area contributed by atoms with E-state index in [9.17, 15) is 10.1 Å². The Labute approximate surface area is 113 Å². The van der Waals surface area contributed by atoms with Gasteiger partial charge in [-0.05, 0) is 13.8 Å². The molecule has 0 aliphatic heterocycles. The summed E-state index contributed by atoms with van der Waals surface area (Å²) < 4.78 is 6.62. The fourth-order valence-electron chi connectivity index (χ4n) is 1.44. The zero-order valence-electron chi connectivity index (χ0n) is 10.5. The predicted molar refractivity (Wildman–Crippen MR) is 68.8 cm³/mol. The van der Waals surface area contributed by atoms with Crippen LogP contribution < -0.4 is 0 Å². The molecule has 0 aromatic carbocycles. The number of rotatable bonds is 6. The maximum Gasteiger partial charge on any atom is 0.306 e. The normalized spacial score (nSPS) is 12.5. The molecule has 0 saturated carbocycles. The van der Waals surface area contributed by atoms with Gasteiger partial charge in [-0.25, -0.2) is 0 Å². The zero-order valence-corrected chi connectivity index (χ0v) is 11.3. The molecule has 19 heavy (non-hydrogen) atoms. The molecule has 2 rings (SSSR count). The smallest absolute Gasteiger partial charge is 0.306 e. The van der Waals surface area contributed by atoms with Crippen LogP contribution in [0, 0.1) is 17.0 Å². The van der Waals surface area contributed by atoms with Gasteiger partial charge in [-0.3, -0.25) is 14.8 Å². The highest BCUT2D eigenvalue weighted by Gasteiger charge is 2.14. The van der Waals surface area contributed by atoms with Crippen LogP contribution in [0.2, 0.25) is 0 Å². The minimum absolute atomic E-state index is 0.00516. The molecule has 0 fully saturated rings. The first-order valence-corrected chi connectivity index (χ1v) is 6.70. The lowest BCUT2D eigenvalue weighted by Gasteiger charge is -2.05. The van der Waals surface area contributed by atoms with Gasteiger partial charge < -0.3 is 4.52 Å². The van der Waals surface area contributed by atoms with Gasteiger partial charge in [0.15, 0.2) is 5.82 Å². The molecule has 0 bridgehead atoms. The maximum atomic E-state index is 10.5. The molecule has 102 valence electrons. The molecule has 0 amide bonds. The Morgan fingerprint density at radius 3 is 3.00 bits per heavy atom. The SMILES string of the molecule is Cc1noc([C@@H](C)SCCn2cc([N+](=O)[O-])cn2)n1. The van der Waals surface area contributed by atoms with Gasteiger partial charge in [0, 0.05) is 5.75 Å². The van der Waals surface area contributed by atoms with Crippen molar-refractivity contribution in [3.8, 4) is 0 Å². The topological polar surface area (TPSA) is 99.9 Å². The molecule has 1 atom stereocenters. The second-order valence-electron chi connectivity index (χ2n) is 3.91. The van der Waals surface area contributed by atoms with Gasteiger partial charge in [0.2, 0.25) is 5.89 Å². The third-order valence-corrected chi connectivity index (χ3v) is 3.53. The van der Waals surface area contributed by atoms with Crippen LogP contribution in [0.15, 0.2) is 16.9 Å². The number of thioether (sulfide) groups is 1. The van der Waals surface area contributed by atoms with E-state index in [2.05, 4.69) is 15.2 Å². The lowest BCUT2D eigenvalue weighted by atomic mass is 10.5. The van der Waals surface area contributed by atoms with Crippen molar-refractivity contribution in [3.63, 3.8) is 0 Å². The van der Waals surface area contributed by atoms with Crippen LogP contribution >= 0.6 is 11.8 Å². The van der Waals surface area contributed by atoms with Crippen LogP contribution in [-0.2, 0) is 6.54 Å². The Balaban J connectivity index is 1.81. The quantitative estimate of drug-likeness (QED) is 0.590. The maximum absolute atomic E-state index is 10.5. The molecule has 2 aromatic heterocycles. The molecular formula is C10H13N5O3S. The van der Waals surface area contributed by atoms with Crippen LogP contribution in [0.1, 0.15) is 23.9 Å². The predicted octanol–water partition coefficient (Wildman–Crippen LogP) is 1.98. The fourth-order valence-corrected chi connectivity index (χ4v) is 2.33. The summed E-state index contributed by atoms with van der Waals surface area (Å²) in [6.07, 6.45) is 2.66. The molecule has 0 aliphatic carbocycles. The Kier molecular flexibility index (Phi) is 4.15. The van der Waals surface area contributed by atoms with Gasteiger partial charge in [0.05, 0.1) is 16.7 Å². The summed E-state index contributed by atoms with van der Waals surface area (Å²) in [6.45, 7) is 4.34. The summed E-state index contributed by atoms with van der Waals surface area (Å²) in [6, 6.07) is 0. The van der Waals surface area contributed by atoms with E-state index in [1.807, 2.05) is 6.92 Å². The largest absolute Gasteiger partial charge is 0.338 e. The Bertz CT molecular complexity index is 567. The van der Waals surface area contributed by atoms with Crippen molar-refractivity contribution in [1.29, 1.82) is 0 Å². The molecule has 0 aliphatic rings. The highest BCUT2D eigenvalue weighted by molar-refractivity contribution is 7.99.